The van der Waals surface area contributed by atoms with Gasteiger partial charge in [0.1, 0.15) is 22.2 Å². The summed E-state index contributed by atoms with van der Waals surface area (Å²) in [5.41, 5.74) is 2.32. The largest absolute Gasteiger partial charge is 0.489 e. The van der Waals surface area contributed by atoms with E-state index in [1.807, 2.05) is 12.1 Å². The van der Waals surface area contributed by atoms with Crippen LogP contribution in [0, 0.1) is 0 Å². The molecule has 5 heteroatoms. The number of hydrogen-bond acceptors (Lipinski definition) is 4. The number of rotatable bonds is 8. The van der Waals surface area contributed by atoms with Crippen molar-refractivity contribution >= 4 is 9.84 Å². The lowest BCUT2D eigenvalue weighted by Crippen LogP contribution is -2.38. The van der Waals surface area contributed by atoms with Crippen molar-refractivity contribution in [1.29, 1.82) is 0 Å². The van der Waals surface area contributed by atoms with Crippen LogP contribution in [0.5, 0.6) is 5.75 Å². The van der Waals surface area contributed by atoms with E-state index < -0.39 is 9.84 Å². The maximum atomic E-state index is 11.6. The SMILES string of the molecule is C=CCOc1ccc(CN(C)C2CCS(=O)(=O)CC2)cc1CC=C. The van der Waals surface area contributed by atoms with Gasteiger partial charge in [-0.25, -0.2) is 8.42 Å². The molecule has 1 aliphatic rings. The van der Waals surface area contributed by atoms with Crippen molar-refractivity contribution in [3.63, 3.8) is 0 Å². The zero-order valence-electron chi connectivity index (χ0n) is 14.4. The van der Waals surface area contributed by atoms with E-state index in [2.05, 4.69) is 37.2 Å². The molecule has 2 rings (SSSR count). The number of hydrogen-bond donors (Lipinski definition) is 0. The average molecular weight is 349 g/mol. The van der Waals surface area contributed by atoms with Gasteiger partial charge in [0.2, 0.25) is 0 Å². The molecule has 1 saturated heterocycles. The minimum absolute atomic E-state index is 0.304. The molecule has 1 fully saturated rings. The topological polar surface area (TPSA) is 46.6 Å². The Hall–Kier alpha value is -1.59. The predicted molar refractivity (Wildman–Crippen MR) is 99.2 cm³/mol. The summed E-state index contributed by atoms with van der Waals surface area (Å²) < 4.78 is 28.8. The monoisotopic (exact) mass is 349 g/mol. The van der Waals surface area contributed by atoms with Crippen molar-refractivity contribution in [2.45, 2.75) is 31.8 Å². The van der Waals surface area contributed by atoms with Gasteiger partial charge >= 0.3 is 0 Å². The summed E-state index contributed by atoms with van der Waals surface area (Å²) in [5.74, 6) is 1.47. The van der Waals surface area contributed by atoms with Gasteiger partial charge in [-0.2, -0.15) is 0 Å². The molecule has 0 radical (unpaired) electrons. The van der Waals surface area contributed by atoms with Gasteiger partial charge in [-0.3, -0.25) is 4.90 Å². The third-order valence-electron chi connectivity index (χ3n) is 4.43. The van der Waals surface area contributed by atoms with E-state index in [0.717, 1.165) is 37.1 Å². The molecule has 4 nitrogen and oxygen atoms in total. The van der Waals surface area contributed by atoms with Crippen LogP contribution in [0.1, 0.15) is 24.0 Å². The van der Waals surface area contributed by atoms with Crippen LogP contribution in [-0.4, -0.2) is 44.5 Å². The first-order chi connectivity index (χ1) is 11.4. The number of sulfone groups is 1. The van der Waals surface area contributed by atoms with Crippen LogP contribution in [0.2, 0.25) is 0 Å². The van der Waals surface area contributed by atoms with E-state index in [0.29, 0.717) is 24.2 Å². The molecule has 0 N–H and O–H groups in total. The Morgan fingerprint density at radius 1 is 1.25 bits per heavy atom. The lowest BCUT2D eigenvalue weighted by atomic mass is 10.0. The molecule has 0 saturated carbocycles. The Morgan fingerprint density at radius 3 is 2.58 bits per heavy atom. The molecular weight excluding hydrogens is 322 g/mol. The van der Waals surface area contributed by atoms with Crippen LogP contribution in [0.4, 0.5) is 0 Å². The Kier molecular flexibility index (Phi) is 6.63. The van der Waals surface area contributed by atoms with E-state index in [4.69, 9.17) is 4.74 Å². The molecule has 0 unspecified atom stereocenters. The van der Waals surface area contributed by atoms with E-state index >= 15 is 0 Å². The minimum atomic E-state index is -2.81. The van der Waals surface area contributed by atoms with Gasteiger partial charge in [0, 0.05) is 12.6 Å². The van der Waals surface area contributed by atoms with Crippen molar-refractivity contribution < 1.29 is 13.2 Å². The number of benzene rings is 1. The Morgan fingerprint density at radius 2 is 1.96 bits per heavy atom. The van der Waals surface area contributed by atoms with E-state index in [-0.39, 0.29) is 0 Å². The Balaban J connectivity index is 2.04. The second-order valence-electron chi connectivity index (χ2n) is 6.33. The maximum absolute atomic E-state index is 11.6. The van der Waals surface area contributed by atoms with Crippen molar-refractivity contribution in [1.82, 2.24) is 4.90 Å². The van der Waals surface area contributed by atoms with Crippen molar-refractivity contribution in [2.24, 2.45) is 0 Å². The minimum Gasteiger partial charge on any atom is -0.489 e. The molecule has 1 aliphatic heterocycles. The van der Waals surface area contributed by atoms with Gasteiger partial charge in [0.05, 0.1) is 11.5 Å². The van der Waals surface area contributed by atoms with Gasteiger partial charge < -0.3 is 4.74 Å². The van der Waals surface area contributed by atoms with Crippen molar-refractivity contribution in [2.75, 3.05) is 25.2 Å². The zero-order valence-corrected chi connectivity index (χ0v) is 15.2. The highest BCUT2D eigenvalue weighted by molar-refractivity contribution is 7.91. The summed E-state index contributed by atoms with van der Waals surface area (Å²) in [6.45, 7) is 8.78. The lowest BCUT2D eigenvalue weighted by Gasteiger charge is -2.31. The first-order valence-electron chi connectivity index (χ1n) is 8.32. The normalized spacial score (nSPS) is 17.6. The molecule has 0 aromatic heterocycles. The fourth-order valence-electron chi connectivity index (χ4n) is 3.07. The highest BCUT2D eigenvalue weighted by Gasteiger charge is 2.26. The van der Waals surface area contributed by atoms with Crippen LogP contribution in [-0.2, 0) is 22.8 Å². The zero-order chi connectivity index (χ0) is 17.6. The van der Waals surface area contributed by atoms with Gasteiger partial charge in [-0.1, -0.05) is 30.9 Å². The summed E-state index contributed by atoms with van der Waals surface area (Å²) in [5, 5.41) is 0. The average Bonchev–Trinajstić information content (AvgIpc) is 2.54. The summed E-state index contributed by atoms with van der Waals surface area (Å²) in [6, 6.07) is 6.54. The third kappa shape index (κ3) is 5.21. The number of allylic oxidation sites excluding steroid dienone is 1. The van der Waals surface area contributed by atoms with E-state index in [1.165, 1.54) is 5.56 Å². The fraction of sp³-hybridized carbons (Fsp3) is 0.474. The fourth-order valence-corrected chi connectivity index (χ4v) is 4.54. The molecular formula is C19H27NO3S. The van der Waals surface area contributed by atoms with Crippen molar-refractivity contribution in [3.8, 4) is 5.75 Å². The number of ether oxygens (including phenoxy) is 1. The van der Waals surface area contributed by atoms with E-state index in [1.54, 1.807) is 6.08 Å². The van der Waals surface area contributed by atoms with Gasteiger partial charge in [-0.15, -0.1) is 6.58 Å². The van der Waals surface area contributed by atoms with Crippen LogP contribution < -0.4 is 4.74 Å². The van der Waals surface area contributed by atoms with E-state index in [9.17, 15) is 8.42 Å². The second kappa shape index (κ2) is 8.49. The Labute approximate surface area is 145 Å². The van der Waals surface area contributed by atoms with Crippen LogP contribution in [0.25, 0.3) is 0 Å². The van der Waals surface area contributed by atoms with Crippen LogP contribution in [0.3, 0.4) is 0 Å². The molecule has 0 atom stereocenters. The molecule has 0 amide bonds. The molecule has 1 heterocycles. The standard InChI is InChI=1S/C19H27NO3S/c1-4-6-17-14-16(7-8-19(17)23-11-5-2)15-20(3)18-9-12-24(21,22)13-10-18/h4-5,7-8,14,18H,1-2,6,9-13,15H2,3H3. The molecule has 0 bridgehead atoms. The molecule has 1 aromatic rings. The van der Waals surface area contributed by atoms with Crippen LogP contribution >= 0.6 is 0 Å². The van der Waals surface area contributed by atoms with Gasteiger partial charge in [0.25, 0.3) is 0 Å². The smallest absolute Gasteiger partial charge is 0.150 e. The molecule has 1 aromatic carbocycles. The first-order valence-corrected chi connectivity index (χ1v) is 10.1. The maximum Gasteiger partial charge on any atom is 0.150 e. The molecule has 0 aliphatic carbocycles. The van der Waals surface area contributed by atoms with Gasteiger partial charge in [-0.05, 0) is 43.5 Å². The highest BCUT2D eigenvalue weighted by Crippen LogP contribution is 2.24. The highest BCUT2D eigenvalue weighted by atomic mass is 32.2. The van der Waals surface area contributed by atoms with Crippen LogP contribution in [0.15, 0.2) is 43.5 Å². The molecule has 24 heavy (non-hydrogen) atoms. The summed E-state index contributed by atoms with van der Waals surface area (Å²) >= 11 is 0. The second-order valence-corrected chi connectivity index (χ2v) is 8.64. The quantitative estimate of drug-likeness (QED) is 0.677. The van der Waals surface area contributed by atoms with Gasteiger partial charge in [0.15, 0.2) is 0 Å². The molecule has 0 spiro atoms. The van der Waals surface area contributed by atoms with Crippen molar-refractivity contribution in [3.05, 3.63) is 54.6 Å². The predicted octanol–water partition coefficient (Wildman–Crippen LogP) is 2.99. The Bertz CT molecular complexity index is 668. The summed E-state index contributed by atoms with van der Waals surface area (Å²) in [7, 11) is -0.746. The first kappa shape index (κ1) is 18.7. The summed E-state index contributed by atoms with van der Waals surface area (Å²) in [4.78, 5) is 2.26. The number of nitrogens with zero attached hydrogens (tertiary/aromatic N) is 1. The summed E-state index contributed by atoms with van der Waals surface area (Å²) in [6.07, 6.45) is 5.80. The third-order valence-corrected chi connectivity index (χ3v) is 6.14. The molecule has 132 valence electrons. The lowest BCUT2D eigenvalue weighted by molar-refractivity contribution is 0.218.